The number of amides is 1. The van der Waals surface area contributed by atoms with E-state index in [9.17, 15) is 18.8 Å². The van der Waals surface area contributed by atoms with Gasteiger partial charge in [-0.15, -0.1) is 10.2 Å². The third-order valence-corrected chi connectivity index (χ3v) is 6.77. The Morgan fingerprint density at radius 3 is 2.55 bits per heavy atom. The van der Waals surface area contributed by atoms with Crippen LogP contribution in [-0.4, -0.2) is 56.2 Å². The van der Waals surface area contributed by atoms with E-state index in [4.69, 9.17) is 10.5 Å². The van der Waals surface area contributed by atoms with Crippen molar-refractivity contribution in [3.63, 3.8) is 0 Å². The minimum Gasteiger partial charge on any atom is -0.383 e. The van der Waals surface area contributed by atoms with Gasteiger partial charge in [0.2, 0.25) is 5.91 Å². The summed E-state index contributed by atoms with van der Waals surface area (Å²) < 4.78 is 22.2. The summed E-state index contributed by atoms with van der Waals surface area (Å²) in [5.41, 5.74) is 5.75. The number of aromatic amines is 1. The standard InChI is InChI=1S/C25H26FN7O4S/c1-31-22(17-10-6-7-11-18(17)26)29-30-25(31)38-15-19(34)32(12-13-37-2)20-21(27)33(24(36)28-23(20)35)14-16-8-4-3-5-9-16/h3-11H,12-15,27H2,1-2H3,(H,28,35,36). The first-order chi connectivity index (χ1) is 18.3. The summed E-state index contributed by atoms with van der Waals surface area (Å²) in [6, 6.07) is 15.3. The van der Waals surface area contributed by atoms with Crippen molar-refractivity contribution in [2.24, 2.45) is 7.05 Å². The molecular formula is C25H26FN7O4S. The number of H-pyrrole nitrogens is 1. The van der Waals surface area contributed by atoms with Crippen LogP contribution in [0.15, 0.2) is 69.3 Å². The number of hydrogen-bond acceptors (Lipinski definition) is 8. The molecule has 11 nitrogen and oxygen atoms in total. The predicted molar refractivity (Wildman–Crippen MR) is 143 cm³/mol. The molecule has 0 spiro atoms. The average Bonchev–Trinajstić information content (AvgIpc) is 3.27. The fourth-order valence-electron chi connectivity index (χ4n) is 3.83. The number of nitrogens with one attached hydrogen (secondary N) is 1. The third-order valence-electron chi connectivity index (χ3n) is 5.76. The Kier molecular flexibility index (Phi) is 8.38. The molecule has 0 fully saturated rings. The Balaban J connectivity index is 1.61. The Hall–Kier alpha value is -4.23. The number of benzene rings is 2. The first kappa shape index (κ1) is 26.8. The zero-order valence-corrected chi connectivity index (χ0v) is 21.6. The van der Waals surface area contributed by atoms with Gasteiger partial charge in [-0.05, 0) is 17.7 Å². The molecule has 0 aliphatic rings. The molecule has 198 valence electrons. The van der Waals surface area contributed by atoms with Gasteiger partial charge in [0.25, 0.3) is 5.56 Å². The smallest absolute Gasteiger partial charge is 0.330 e. The fourth-order valence-corrected chi connectivity index (χ4v) is 4.61. The van der Waals surface area contributed by atoms with Gasteiger partial charge in [0.15, 0.2) is 16.7 Å². The van der Waals surface area contributed by atoms with Crippen molar-refractivity contribution in [2.75, 3.05) is 36.6 Å². The molecule has 0 atom stereocenters. The van der Waals surface area contributed by atoms with Crippen LogP contribution in [0.4, 0.5) is 15.9 Å². The zero-order valence-electron chi connectivity index (χ0n) is 20.8. The number of halogens is 1. The van der Waals surface area contributed by atoms with Crippen LogP contribution in [-0.2, 0) is 23.1 Å². The summed E-state index contributed by atoms with van der Waals surface area (Å²) in [7, 11) is 3.13. The fraction of sp³-hybridized carbons (Fsp3) is 0.240. The lowest BCUT2D eigenvalue weighted by Gasteiger charge is -2.24. The molecule has 2 aromatic heterocycles. The normalized spacial score (nSPS) is 11.0. The highest BCUT2D eigenvalue weighted by Crippen LogP contribution is 2.26. The van der Waals surface area contributed by atoms with Gasteiger partial charge in [-0.2, -0.15) is 0 Å². The maximum Gasteiger partial charge on any atom is 0.330 e. The van der Waals surface area contributed by atoms with E-state index >= 15 is 0 Å². The maximum absolute atomic E-state index is 14.2. The number of aromatic nitrogens is 5. The molecule has 13 heteroatoms. The molecule has 4 aromatic rings. The number of nitrogens with zero attached hydrogens (tertiary/aromatic N) is 5. The van der Waals surface area contributed by atoms with E-state index in [0.717, 1.165) is 17.3 Å². The quantitative estimate of drug-likeness (QED) is 0.291. The lowest BCUT2D eigenvalue weighted by atomic mass is 10.2. The molecule has 38 heavy (non-hydrogen) atoms. The highest BCUT2D eigenvalue weighted by Gasteiger charge is 2.25. The van der Waals surface area contributed by atoms with E-state index in [-0.39, 0.29) is 42.5 Å². The Bertz CT molecular complexity index is 1550. The topological polar surface area (TPSA) is 141 Å². The summed E-state index contributed by atoms with van der Waals surface area (Å²) in [6.07, 6.45) is 0. The van der Waals surface area contributed by atoms with Crippen LogP contribution in [0.3, 0.4) is 0 Å². The number of thioether (sulfide) groups is 1. The molecule has 2 heterocycles. The van der Waals surface area contributed by atoms with Crippen molar-refractivity contribution < 1.29 is 13.9 Å². The molecule has 0 aliphatic carbocycles. The van der Waals surface area contributed by atoms with Crippen molar-refractivity contribution >= 4 is 29.2 Å². The van der Waals surface area contributed by atoms with Gasteiger partial charge in [-0.25, -0.2) is 9.18 Å². The molecule has 0 aliphatic heterocycles. The molecule has 0 radical (unpaired) electrons. The van der Waals surface area contributed by atoms with Gasteiger partial charge in [0.05, 0.1) is 24.5 Å². The minimum atomic E-state index is -0.785. The van der Waals surface area contributed by atoms with E-state index in [1.807, 2.05) is 30.3 Å². The minimum absolute atomic E-state index is 0.0198. The number of rotatable bonds is 10. The summed E-state index contributed by atoms with van der Waals surface area (Å²) in [6.45, 7) is 0.245. The van der Waals surface area contributed by atoms with E-state index < -0.39 is 23.0 Å². The predicted octanol–water partition coefficient (Wildman–Crippen LogP) is 1.87. The van der Waals surface area contributed by atoms with Gasteiger partial charge in [0.1, 0.15) is 11.6 Å². The number of hydrogen-bond donors (Lipinski definition) is 2. The van der Waals surface area contributed by atoms with Gasteiger partial charge >= 0.3 is 5.69 Å². The first-order valence-electron chi connectivity index (χ1n) is 11.5. The van der Waals surface area contributed by atoms with E-state index in [1.54, 1.807) is 29.8 Å². The Morgan fingerprint density at radius 1 is 1.13 bits per heavy atom. The Labute approximate surface area is 221 Å². The maximum atomic E-state index is 14.2. The molecule has 4 rings (SSSR count). The highest BCUT2D eigenvalue weighted by molar-refractivity contribution is 7.99. The molecular weight excluding hydrogens is 513 g/mol. The second kappa shape index (κ2) is 11.9. The summed E-state index contributed by atoms with van der Waals surface area (Å²) in [5.74, 6) is -0.879. The molecule has 3 N–H and O–H groups in total. The van der Waals surface area contributed by atoms with Crippen LogP contribution >= 0.6 is 11.8 Å². The van der Waals surface area contributed by atoms with Crippen molar-refractivity contribution in [2.45, 2.75) is 11.7 Å². The van der Waals surface area contributed by atoms with Crippen LogP contribution in [0.5, 0.6) is 0 Å². The zero-order chi connectivity index (χ0) is 27.2. The lowest BCUT2D eigenvalue weighted by Crippen LogP contribution is -2.43. The second-order valence-corrected chi connectivity index (χ2v) is 9.18. The molecule has 0 unspecified atom stereocenters. The van der Waals surface area contributed by atoms with Gasteiger partial charge in [-0.3, -0.25) is 19.1 Å². The number of anilines is 2. The number of nitrogens with two attached hydrogens (primary N) is 1. The molecule has 0 bridgehead atoms. The lowest BCUT2D eigenvalue weighted by molar-refractivity contribution is -0.116. The third kappa shape index (κ3) is 5.68. The summed E-state index contributed by atoms with van der Waals surface area (Å²) in [4.78, 5) is 42.2. The van der Waals surface area contributed by atoms with E-state index in [1.165, 1.54) is 22.6 Å². The van der Waals surface area contributed by atoms with Gasteiger partial charge in [0, 0.05) is 20.7 Å². The monoisotopic (exact) mass is 539 g/mol. The number of methoxy groups -OCH3 is 1. The highest BCUT2D eigenvalue weighted by atomic mass is 32.2. The van der Waals surface area contributed by atoms with Crippen LogP contribution < -0.4 is 21.9 Å². The molecule has 2 aromatic carbocycles. The first-order valence-corrected chi connectivity index (χ1v) is 12.5. The van der Waals surface area contributed by atoms with E-state index in [2.05, 4.69) is 15.2 Å². The summed E-state index contributed by atoms with van der Waals surface area (Å²) >= 11 is 1.07. The molecule has 1 amide bonds. The second-order valence-electron chi connectivity index (χ2n) is 8.24. The van der Waals surface area contributed by atoms with Crippen molar-refractivity contribution in [1.29, 1.82) is 0 Å². The number of carbonyl (C=O) groups excluding carboxylic acids is 1. The van der Waals surface area contributed by atoms with Crippen molar-refractivity contribution in [3.05, 3.63) is 86.8 Å². The molecule has 0 saturated heterocycles. The number of carbonyl (C=O) groups is 1. The van der Waals surface area contributed by atoms with Crippen LogP contribution in [0.2, 0.25) is 0 Å². The average molecular weight is 540 g/mol. The largest absolute Gasteiger partial charge is 0.383 e. The Morgan fingerprint density at radius 2 is 1.84 bits per heavy atom. The van der Waals surface area contributed by atoms with Crippen molar-refractivity contribution in [3.8, 4) is 11.4 Å². The van der Waals surface area contributed by atoms with E-state index in [0.29, 0.717) is 11.0 Å². The summed E-state index contributed by atoms with van der Waals surface area (Å²) in [5, 5.41) is 8.52. The van der Waals surface area contributed by atoms with Crippen LogP contribution in [0, 0.1) is 5.82 Å². The van der Waals surface area contributed by atoms with Gasteiger partial charge in [-0.1, -0.05) is 54.2 Å². The number of ether oxygens (including phenoxy) is 1. The van der Waals surface area contributed by atoms with Gasteiger partial charge < -0.3 is 19.9 Å². The SMILES string of the molecule is COCCN(C(=O)CSc1nnc(-c2ccccc2F)n1C)c1c(N)n(Cc2ccccc2)c(=O)[nH]c1=O. The van der Waals surface area contributed by atoms with Crippen LogP contribution in [0.1, 0.15) is 5.56 Å². The van der Waals surface area contributed by atoms with Crippen molar-refractivity contribution in [1.82, 2.24) is 24.3 Å². The number of nitrogen functional groups attached to an aromatic ring is 1. The van der Waals surface area contributed by atoms with Crippen LogP contribution in [0.25, 0.3) is 11.4 Å². The molecule has 0 saturated carbocycles.